The van der Waals surface area contributed by atoms with Gasteiger partial charge in [-0.05, 0) is 43.4 Å². The fraction of sp³-hybridized carbons (Fsp3) is 0.667. The first-order valence-electron chi connectivity index (χ1n) is 9.62. The van der Waals surface area contributed by atoms with Crippen molar-refractivity contribution >= 4 is 5.91 Å². The van der Waals surface area contributed by atoms with Gasteiger partial charge in [0.1, 0.15) is 5.75 Å². The topological polar surface area (TPSA) is 50.8 Å². The SMILES string of the molecule is CC1CN(CCCNC(=O)COc2ccc(C(C)(C)C)cc2)CC(C)O1. The second kappa shape index (κ2) is 9.38. The summed E-state index contributed by atoms with van der Waals surface area (Å²) in [5, 5.41) is 2.93. The summed E-state index contributed by atoms with van der Waals surface area (Å²) in [7, 11) is 0. The third-order valence-corrected chi connectivity index (χ3v) is 4.56. The van der Waals surface area contributed by atoms with Crippen LogP contribution >= 0.6 is 0 Å². The van der Waals surface area contributed by atoms with Crippen molar-refractivity contribution in [3.63, 3.8) is 0 Å². The van der Waals surface area contributed by atoms with E-state index in [1.54, 1.807) is 0 Å². The lowest BCUT2D eigenvalue weighted by Gasteiger charge is -2.35. The van der Waals surface area contributed by atoms with E-state index in [1.165, 1.54) is 5.56 Å². The predicted octanol–water partition coefficient (Wildman–Crippen LogP) is 2.98. The zero-order valence-corrected chi connectivity index (χ0v) is 16.9. The zero-order chi connectivity index (χ0) is 19.2. The van der Waals surface area contributed by atoms with E-state index >= 15 is 0 Å². The molecule has 26 heavy (non-hydrogen) atoms. The normalized spacial score (nSPS) is 21.4. The Labute approximate surface area is 158 Å². The number of nitrogens with one attached hydrogen (secondary N) is 1. The molecule has 1 saturated heterocycles. The second-order valence-electron chi connectivity index (χ2n) is 8.28. The molecule has 2 unspecified atom stereocenters. The molecule has 1 aliphatic rings. The molecule has 1 aromatic rings. The van der Waals surface area contributed by atoms with Gasteiger partial charge in [0.2, 0.25) is 0 Å². The van der Waals surface area contributed by atoms with Gasteiger partial charge >= 0.3 is 0 Å². The molecule has 0 aliphatic carbocycles. The Kier molecular flexibility index (Phi) is 7.47. The summed E-state index contributed by atoms with van der Waals surface area (Å²) >= 11 is 0. The highest BCUT2D eigenvalue weighted by atomic mass is 16.5. The summed E-state index contributed by atoms with van der Waals surface area (Å²) in [6.07, 6.45) is 1.50. The molecule has 2 rings (SSSR count). The summed E-state index contributed by atoms with van der Waals surface area (Å²) in [5.74, 6) is 0.651. The van der Waals surface area contributed by atoms with Crippen LogP contribution in [0.2, 0.25) is 0 Å². The van der Waals surface area contributed by atoms with Crippen molar-refractivity contribution < 1.29 is 14.3 Å². The van der Waals surface area contributed by atoms with Crippen LogP contribution in [0.25, 0.3) is 0 Å². The highest BCUT2D eigenvalue weighted by molar-refractivity contribution is 5.77. The summed E-state index contributed by atoms with van der Waals surface area (Å²) < 4.78 is 11.3. The first-order chi connectivity index (χ1) is 12.2. The molecule has 0 saturated carbocycles. The molecule has 0 spiro atoms. The lowest BCUT2D eigenvalue weighted by Crippen LogP contribution is -2.46. The highest BCUT2D eigenvalue weighted by Crippen LogP contribution is 2.24. The maximum Gasteiger partial charge on any atom is 0.257 e. The first kappa shape index (κ1) is 20.7. The molecule has 5 nitrogen and oxygen atoms in total. The number of carbonyl (C=O) groups excluding carboxylic acids is 1. The van der Waals surface area contributed by atoms with Crippen LogP contribution in [0.3, 0.4) is 0 Å². The molecule has 146 valence electrons. The van der Waals surface area contributed by atoms with Gasteiger partial charge in [0.15, 0.2) is 6.61 Å². The summed E-state index contributed by atoms with van der Waals surface area (Å²) in [6, 6.07) is 7.96. The molecule has 1 fully saturated rings. The molecule has 0 radical (unpaired) electrons. The lowest BCUT2D eigenvalue weighted by atomic mass is 9.87. The van der Waals surface area contributed by atoms with E-state index < -0.39 is 0 Å². The number of hydrogen-bond donors (Lipinski definition) is 1. The Bertz CT molecular complexity index is 556. The Morgan fingerprint density at radius 3 is 2.38 bits per heavy atom. The maximum atomic E-state index is 11.9. The number of nitrogens with zero attached hydrogens (tertiary/aromatic N) is 1. The van der Waals surface area contributed by atoms with Crippen LogP contribution in [-0.4, -0.2) is 55.8 Å². The predicted molar refractivity (Wildman–Crippen MR) is 105 cm³/mol. The molecule has 1 amide bonds. The van der Waals surface area contributed by atoms with Gasteiger partial charge in [-0.15, -0.1) is 0 Å². The molecule has 0 aromatic heterocycles. The number of hydrogen-bond acceptors (Lipinski definition) is 4. The standard InChI is InChI=1S/C21H34N2O3/c1-16-13-23(14-17(2)26-16)12-6-11-22-20(24)15-25-19-9-7-18(8-10-19)21(3,4)5/h7-10,16-17H,6,11-15H2,1-5H3,(H,22,24). The fourth-order valence-corrected chi connectivity index (χ4v) is 3.25. The summed E-state index contributed by atoms with van der Waals surface area (Å²) in [5.41, 5.74) is 1.37. The van der Waals surface area contributed by atoms with E-state index in [-0.39, 0.29) is 30.1 Å². The number of ether oxygens (including phenoxy) is 2. The van der Waals surface area contributed by atoms with Crippen molar-refractivity contribution in [2.45, 2.75) is 58.7 Å². The molecular formula is C21H34N2O3. The molecule has 1 heterocycles. The molecule has 1 aromatic carbocycles. The van der Waals surface area contributed by atoms with Crippen LogP contribution in [0.4, 0.5) is 0 Å². The Morgan fingerprint density at radius 1 is 1.19 bits per heavy atom. The second-order valence-corrected chi connectivity index (χ2v) is 8.28. The largest absolute Gasteiger partial charge is 0.484 e. The molecule has 1 aliphatic heterocycles. The van der Waals surface area contributed by atoms with Gasteiger partial charge in [-0.25, -0.2) is 0 Å². The molecule has 5 heteroatoms. The number of morpholine rings is 1. The minimum atomic E-state index is -0.0754. The first-order valence-corrected chi connectivity index (χ1v) is 9.62. The zero-order valence-electron chi connectivity index (χ0n) is 16.9. The molecule has 2 atom stereocenters. The van der Waals surface area contributed by atoms with E-state index in [0.717, 1.165) is 31.8 Å². The number of benzene rings is 1. The van der Waals surface area contributed by atoms with Crippen LogP contribution < -0.4 is 10.1 Å². The smallest absolute Gasteiger partial charge is 0.257 e. The Balaban J connectivity index is 1.62. The Morgan fingerprint density at radius 2 is 1.81 bits per heavy atom. The third kappa shape index (κ3) is 6.96. The van der Waals surface area contributed by atoms with E-state index in [0.29, 0.717) is 6.54 Å². The van der Waals surface area contributed by atoms with Gasteiger partial charge in [-0.1, -0.05) is 32.9 Å². The van der Waals surface area contributed by atoms with Crippen molar-refractivity contribution in [2.24, 2.45) is 0 Å². The molecule has 1 N–H and O–H groups in total. The van der Waals surface area contributed by atoms with E-state index in [2.05, 4.69) is 57.0 Å². The van der Waals surface area contributed by atoms with Gasteiger partial charge in [-0.3, -0.25) is 9.69 Å². The van der Waals surface area contributed by atoms with Gasteiger partial charge in [0.25, 0.3) is 5.91 Å². The van der Waals surface area contributed by atoms with E-state index in [4.69, 9.17) is 9.47 Å². The lowest BCUT2D eigenvalue weighted by molar-refractivity contribution is -0.123. The van der Waals surface area contributed by atoms with Crippen molar-refractivity contribution in [3.05, 3.63) is 29.8 Å². The molecule has 0 bridgehead atoms. The minimum absolute atomic E-state index is 0.0560. The fourth-order valence-electron chi connectivity index (χ4n) is 3.25. The number of amides is 1. The van der Waals surface area contributed by atoms with Crippen LogP contribution in [0.1, 0.15) is 46.6 Å². The van der Waals surface area contributed by atoms with Crippen molar-refractivity contribution in [1.29, 1.82) is 0 Å². The summed E-state index contributed by atoms with van der Waals surface area (Å²) in [6.45, 7) is 14.4. The number of rotatable bonds is 7. The number of carbonyl (C=O) groups is 1. The van der Waals surface area contributed by atoms with Crippen LogP contribution in [0.5, 0.6) is 5.75 Å². The van der Waals surface area contributed by atoms with Gasteiger partial charge in [0.05, 0.1) is 12.2 Å². The van der Waals surface area contributed by atoms with E-state index in [1.807, 2.05) is 12.1 Å². The highest BCUT2D eigenvalue weighted by Gasteiger charge is 2.21. The average molecular weight is 363 g/mol. The van der Waals surface area contributed by atoms with Crippen LogP contribution in [-0.2, 0) is 14.9 Å². The monoisotopic (exact) mass is 362 g/mol. The Hall–Kier alpha value is -1.59. The molecular weight excluding hydrogens is 328 g/mol. The quantitative estimate of drug-likeness (QED) is 0.758. The van der Waals surface area contributed by atoms with E-state index in [9.17, 15) is 4.79 Å². The maximum absolute atomic E-state index is 11.9. The van der Waals surface area contributed by atoms with Crippen molar-refractivity contribution in [1.82, 2.24) is 10.2 Å². The van der Waals surface area contributed by atoms with Gasteiger partial charge < -0.3 is 14.8 Å². The van der Waals surface area contributed by atoms with Crippen molar-refractivity contribution in [2.75, 3.05) is 32.8 Å². The van der Waals surface area contributed by atoms with Gasteiger partial charge in [-0.2, -0.15) is 0 Å². The average Bonchev–Trinajstić information content (AvgIpc) is 2.55. The van der Waals surface area contributed by atoms with Crippen molar-refractivity contribution in [3.8, 4) is 5.75 Å². The third-order valence-electron chi connectivity index (χ3n) is 4.56. The van der Waals surface area contributed by atoms with Crippen LogP contribution in [0, 0.1) is 0 Å². The summed E-state index contributed by atoms with van der Waals surface area (Å²) in [4.78, 5) is 14.3. The van der Waals surface area contributed by atoms with Gasteiger partial charge in [0, 0.05) is 26.2 Å². The minimum Gasteiger partial charge on any atom is -0.484 e. The van der Waals surface area contributed by atoms with Crippen LogP contribution in [0.15, 0.2) is 24.3 Å².